The second-order valence-electron chi connectivity index (χ2n) is 4.14. The Kier molecular flexibility index (Phi) is 2.64. The molecule has 0 atom stereocenters. The fourth-order valence-electron chi connectivity index (χ4n) is 1.98. The number of hydrogen-bond donors (Lipinski definition) is 3. The van der Waals surface area contributed by atoms with Crippen LogP contribution < -0.4 is 5.32 Å². The van der Waals surface area contributed by atoms with Gasteiger partial charge in [-0.15, -0.1) is 0 Å². The van der Waals surface area contributed by atoms with Gasteiger partial charge in [-0.2, -0.15) is 0 Å². The number of rotatable bonds is 2. The Morgan fingerprint density at radius 3 is 2.74 bits per heavy atom. The Morgan fingerprint density at radius 2 is 2.00 bits per heavy atom. The zero-order valence-electron chi connectivity index (χ0n) is 9.92. The second-order valence-corrected chi connectivity index (χ2v) is 4.14. The smallest absolute Gasteiger partial charge is 0.409 e. The molecule has 1 amide bonds. The summed E-state index contributed by atoms with van der Waals surface area (Å²) >= 11 is 0. The summed E-state index contributed by atoms with van der Waals surface area (Å²) in [7, 11) is 0. The first-order chi connectivity index (χ1) is 9.22. The normalized spacial score (nSPS) is 10.5. The van der Waals surface area contributed by atoms with Gasteiger partial charge in [0.05, 0.1) is 11.9 Å². The lowest BCUT2D eigenvalue weighted by molar-refractivity contribution is 0.209. The van der Waals surface area contributed by atoms with Crippen LogP contribution in [0, 0.1) is 0 Å². The van der Waals surface area contributed by atoms with E-state index in [0.29, 0.717) is 5.69 Å². The first kappa shape index (κ1) is 11.3. The van der Waals surface area contributed by atoms with Gasteiger partial charge in [-0.3, -0.25) is 5.32 Å². The monoisotopic (exact) mass is 253 g/mol. The molecule has 0 spiro atoms. The number of aromatic nitrogens is 2. The van der Waals surface area contributed by atoms with Crippen LogP contribution in [0.15, 0.2) is 48.7 Å². The number of pyridine rings is 1. The van der Waals surface area contributed by atoms with Crippen molar-refractivity contribution in [3.8, 4) is 11.3 Å². The van der Waals surface area contributed by atoms with Crippen molar-refractivity contribution >= 4 is 22.8 Å². The number of fused-ring (bicyclic) bond motifs is 1. The lowest BCUT2D eigenvalue weighted by Crippen LogP contribution is -2.07. The van der Waals surface area contributed by atoms with Gasteiger partial charge < -0.3 is 10.1 Å². The zero-order valence-corrected chi connectivity index (χ0v) is 9.92. The molecule has 1 aromatic carbocycles. The number of aromatic amines is 1. The van der Waals surface area contributed by atoms with E-state index in [-0.39, 0.29) is 0 Å². The molecule has 5 heteroatoms. The third-order valence-electron chi connectivity index (χ3n) is 2.81. The minimum atomic E-state index is -1.10. The van der Waals surface area contributed by atoms with E-state index in [4.69, 9.17) is 5.11 Å². The minimum Gasteiger partial charge on any atom is -0.465 e. The highest BCUT2D eigenvalue weighted by atomic mass is 16.4. The third kappa shape index (κ3) is 2.26. The molecule has 0 saturated heterocycles. The third-order valence-corrected chi connectivity index (χ3v) is 2.81. The predicted molar refractivity (Wildman–Crippen MR) is 73.2 cm³/mol. The van der Waals surface area contributed by atoms with Crippen LogP contribution in [0.25, 0.3) is 22.3 Å². The molecular weight excluding hydrogens is 242 g/mol. The molecule has 0 radical (unpaired) electrons. The van der Waals surface area contributed by atoms with Crippen LogP contribution in [0.5, 0.6) is 0 Å². The molecule has 94 valence electrons. The Balaban J connectivity index is 2.04. The van der Waals surface area contributed by atoms with E-state index in [2.05, 4.69) is 15.3 Å². The van der Waals surface area contributed by atoms with Gasteiger partial charge in [0.2, 0.25) is 0 Å². The largest absolute Gasteiger partial charge is 0.465 e. The first-order valence-corrected chi connectivity index (χ1v) is 5.76. The summed E-state index contributed by atoms with van der Waals surface area (Å²) in [5.74, 6) is 0. The van der Waals surface area contributed by atoms with Crippen molar-refractivity contribution in [2.24, 2.45) is 0 Å². The van der Waals surface area contributed by atoms with Gasteiger partial charge >= 0.3 is 6.09 Å². The van der Waals surface area contributed by atoms with E-state index in [1.54, 1.807) is 6.07 Å². The zero-order chi connectivity index (χ0) is 13.2. The summed E-state index contributed by atoms with van der Waals surface area (Å²) in [4.78, 5) is 18.0. The highest BCUT2D eigenvalue weighted by Crippen LogP contribution is 2.24. The number of nitrogens with zero attached hydrogens (tertiary/aromatic N) is 1. The quantitative estimate of drug-likeness (QED) is 0.655. The van der Waals surface area contributed by atoms with E-state index in [1.165, 1.54) is 6.20 Å². The number of nitrogens with one attached hydrogen (secondary N) is 2. The number of carbonyl (C=O) groups is 1. The molecule has 0 bridgehead atoms. The molecule has 0 aliphatic rings. The molecular formula is C14H11N3O2. The molecule has 0 saturated carbocycles. The number of amides is 1. The molecule has 3 aromatic rings. The maximum absolute atomic E-state index is 10.6. The number of H-pyrrole nitrogens is 1. The summed E-state index contributed by atoms with van der Waals surface area (Å²) in [6.45, 7) is 0. The second kappa shape index (κ2) is 4.45. The molecule has 3 rings (SSSR count). The molecule has 2 heterocycles. The summed E-state index contributed by atoms with van der Waals surface area (Å²) in [6.07, 6.45) is 0.391. The number of carboxylic acid groups (broad SMARTS) is 1. The van der Waals surface area contributed by atoms with Gasteiger partial charge in [-0.1, -0.05) is 30.3 Å². The molecule has 0 fully saturated rings. The van der Waals surface area contributed by atoms with Crippen LogP contribution in [-0.4, -0.2) is 21.2 Å². The van der Waals surface area contributed by atoms with Gasteiger partial charge in [0.1, 0.15) is 5.65 Å². The average Bonchev–Trinajstić information content (AvgIpc) is 2.82. The van der Waals surface area contributed by atoms with Crippen molar-refractivity contribution in [1.29, 1.82) is 0 Å². The van der Waals surface area contributed by atoms with Gasteiger partial charge in [-0.05, 0) is 17.7 Å². The van der Waals surface area contributed by atoms with Crippen molar-refractivity contribution in [3.63, 3.8) is 0 Å². The highest BCUT2D eigenvalue weighted by molar-refractivity contribution is 5.89. The molecule has 2 aromatic heterocycles. The lowest BCUT2D eigenvalue weighted by atomic mass is 10.1. The lowest BCUT2D eigenvalue weighted by Gasteiger charge is -1.98. The van der Waals surface area contributed by atoms with E-state index >= 15 is 0 Å². The summed E-state index contributed by atoms with van der Waals surface area (Å²) < 4.78 is 0. The summed E-state index contributed by atoms with van der Waals surface area (Å²) in [5, 5.41) is 11.8. The van der Waals surface area contributed by atoms with Gasteiger partial charge in [-0.25, -0.2) is 9.78 Å². The van der Waals surface area contributed by atoms with E-state index in [9.17, 15) is 4.79 Å². The van der Waals surface area contributed by atoms with Gasteiger partial charge in [0, 0.05) is 11.1 Å². The van der Waals surface area contributed by atoms with Crippen LogP contribution in [-0.2, 0) is 0 Å². The maximum Gasteiger partial charge on any atom is 0.409 e. The fraction of sp³-hybridized carbons (Fsp3) is 0. The van der Waals surface area contributed by atoms with E-state index in [1.807, 2.05) is 36.4 Å². The number of anilines is 1. The molecule has 0 aliphatic heterocycles. The maximum atomic E-state index is 10.6. The van der Waals surface area contributed by atoms with Crippen LogP contribution in [0.4, 0.5) is 10.5 Å². The Morgan fingerprint density at radius 1 is 1.21 bits per heavy atom. The van der Waals surface area contributed by atoms with Crippen molar-refractivity contribution in [1.82, 2.24) is 9.97 Å². The van der Waals surface area contributed by atoms with Crippen LogP contribution in [0.1, 0.15) is 0 Å². The number of hydrogen-bond acceptors (Lipinski definition) is 2. The van der Waals surface area contributed by atoms with Crippen LogP contribution in [0.3, 0.4) is 0 Å². The average molecular weight is 253 g/mol. The number of benzene rings is 1. The van der Waals surface area contributed by atoms with Gasteiger partial charge in [0.15, 0.2) is 0 Å². The standard InChI is InChI=1S/C14H11N3O2/c18-14(19)16-11-6-10-7-12(17-13(10)15-8-11)9-4-2-1-3-5-9/h1-8,16H,(H,15,17)(H,18,19). The minimum absolute atomic E-state index is 0.457. The van der Waals surface area contributed by atoms with Crippen molar-refractivity contribution < 1.29 is 9.90 Å². The van der Waals surface area contributed by atoms with Crippen LogP contribution in [0.2, 0.25) is 0 Å². The molecule has 3 N–H and O–H groups in total. The first-order valence-electron chi connectivity index (χ1n) is 5.76. The molecule has 0 unspecified atom stereocenters. The van der Waals surface area contributed by atoms with Gasteiger partial charge in [0.25, 0.3) is 0 Å². The van der Waals surface area contributed by atoms with Crippen LogP contribution >= 0.6 is 0 Å². The fourth-order valence-corrected chi connectivity index (χ4v) is 1.98. The summed E-state index contributed by atoms with van der Waals surface area (Å²) in [6, 6.07) is 13.6. The van der Waals surface area contributed by atoms with E-state index in [0.717, 1.165) is 22.3 Å². The molecule has 5 nitrogen and oxygen atoms in total. The highest BCUT2D eigenvalue weighted by Gasteiger charge is 2.06. The summed E-state index contributed by atoms with van der Waals surface area (Å²) in [5.41, 5.74) is 3.21. The topological polar surface area (TPSA) is 78.0 Å². The Hall–Kier alpha value is -2.82. The van der Waals surface area contributed by atoms with Crippen molar-refractivity contribution in [2.45, 2.75) is 0 Å². The molecule has 0 aliphatic carbocycles. The predicted octanol–water partition coefficient (Wildman–Crippen LogP) is 3.32. The van der Waals surface area contributed by atoms with Crippen molar-refractivity contribution in [3.05, 3.63) is 48.7 Å². The Bertz CT molecular complexity index is 735. The molecule has 19 heavy (non-hydrogen) atoms. The Labute approximate surface area is 108 Å². The van der Waals surface area contributed by atoms with Crippen molar-refractivity contribution in [2.75, 3.05) is 5.32 Å². The SMILES string of the molecule is O=C(O)Nc1cnc2[nH]c(-c3ccccc3)cc2c1. The van der Waals surface area contributed by atoms with E-state index < -0.39 is 6.09 Å².